The fourth-order valence-electron chi connectivity index (χ4n) is 1.44. The molecule has 0 saturated heterocycles. The Balaban J connectivity index is 0.00000112. The van der Waals surface area contributed by atoms with Crippen LogP contribution in [0.25, 0.3) is 10.8 Å². The molecule has 0 bridgehead atoms. The predicted octanol–water partition coefficient (Wildman–Crippen LogP) is 1.08. The Labute approximate surface area is 105 Å². The summed E-state index contributed by atoms with van der Waals surface area (Å²) in [6.45, 7) is 0.116. The normalized spacial score (nSPS) is 9.60. The van der Waals surface area contributed by atoms with E-state index in [0.717, 1.165) is 10.8 Å². The first kappa shape index (κ1) is 11.9. The summed E-state index contributed by atoms with van der Waals surface area (Å²) in [6.07, 6.45) is 3.69. The number of hydrogen-bond acceptors (Lipinski definition) is 2. The molecule has 0 aliphatic heterocycles. The zero-order chi connectivity index (χ0) is 9.97. The maximum Gasteiger partial charge on any atom is 0.176 e. The quantitative estimate of drug-likeness (QED) is 0.383. The van der Waals surface area contributed by atoms with E-state index in [1.165, 1.54) is 0 Å². The standard InChI is InChI=1S/C11H10N2O.HI/c12-11(14)8-13-6-5-9-3-1-2-4-10(9)7-13;/h1-7H,8H2,(H-,12,14);1H. The molecule has 15 heavy (non-hydrogen) atoms. The Hall–Kier alpha value is -1.17. The molecule has 1 N–H and O–H groups in total. The zero-order valence-electron chi connectivity index (χ0n) is 8.01. The van der Waals surface area contributed by atoms with Gasteiger partial charge in [-0.1, -0.05) is 18.2 Å². The van der Waals surface area contributed by atoms with Crippen LogP contribution in [0.2, 0.25) is 0 Å². The van der Waals surface area contributed by atoms with Crippen molar-refractivity contribution in [1.29, 1.82) is 5.41 Å². The summed E-state index contributed by atoms with van der Waals surface area (Å²) >= 11 is 0. The largest absolute Gasteiger partial charge is 0.858 e. The first-order valence-electron chi connectivity index (χ1n) is 4.38. The molecule has 4 heteroatoms. The van der Waals surface area contributed by atoms with E-state index in [-0.39, 0.29) is 30.5 Å². The highest BCUT2D eigenvalue weighted by Crippen LogP contribution is 2.09. The maximum absolute atomic E-state index is 10.6. The molecule has 0 atom stereocenters. The highest BCUT2D eigenvalue weighted by molar-refractivity contribution is 14.0. The van der Waals surface area contributed by atoms with Gasteiger partial charge in [0.1, 0.15) is 0 Å². The van der Waals surface area contributed by atoms with Crippen LogP contribution in [-0.2, 0) is 6.54 Å². The molecule has 78 valence electrons. The van der Waals surface area contributed by atoms with Gasteiger partial charge in [0, 0.05) is 17.4 Å². The van der Waals surface area contributed by atoms with Crippen molar-refractivity contribution in [2.75, 3.05) is 0 Å². The summed E-state index contributed by atoms with van der Waals surface area (Å²) in [7, 11) is 0. The highest BCUT2D eigenvalue weighted by atomic mass is 127. The summed E-state index contributed by atoms with van der Waals surface area (Å²) in [4.78, 5) is 0. The van der Waals surface area contributed by atoms with Gasteiger partial charge in [-0.2, -0.15) is 4.57 Å². The Morgan fingerprint density at radius 2 is 1.87 bits per heavy atom. The fourth-order valence-corrected chi connectivity index (χ4v) is 1.44. The molecule has 0 saturated carbocycles. The first-order valence-corrected chi connectivity index (χ1v) is 4.38. The second-order valence-electron chi connectivity index (χ2n) is 3.17. The summed E-state index contributed by atoms with van der Waals surface area (Å²) in [5.41, 5.74) is 0. The highest BCUT2D eigenvalue weighted by Gasteiger charge is 2.00. The summed E-state index contributed by atoms with van der Waals surface area (Å²) in [5.74, 6) is -0.578. The van der Waals surface area contributed by atoms with Crippen molar-refractivity contribution in [2.45, 2.75) is 6.54 Å². The molecule has 0 unspecified atom stereocenters. The Bertz CT molecular complexity index is 485. The van der Waals surface area contributed by atoms with Gasteiger partial charge in [0.2, 0.25) is 0 Å². The minimum atomic E-state index is -0.578. The van der Waals surface area contributed by atoms with Gasteiger partial charge in [0.25, 0.3) is 0 Å². The zero-order valence-corrected chi connectivity index (χ0v) is 10.3. The minimum Gasteiger partial charge on any atom is -0.858 e. The van der Waals surface area contributed by atoms with Crippen LogP contribution < -0.4 is 9.67 Å². The van der Waals surface area contributed by atoms with Gasteiger partial charge in [-0.3, -0.25) is 0 Å². The molecule has 0 fully saturated rings. The Morgan fingerprint density at radius 3 is 2.53 bits per heavy atom. The number of hydrogen-bond donors (Lipinski definition) is 1. The van der Waals surface area contributed by atoms with E-state index in [2.05, 4.69) is 0 Å². The first-order chi connectivity index (χ1) is 6.75. The van der Waals surface area contributed by atoms with Gasteiger partial charge in [-0.05, 0) is 11.5 Å². The molecular formula is C11H11IN2O. The molecule has 0 aliphatic carbocycles. The summed E-state index contributed by atoms with van der Waals surface area (Å²) < 4.78 is 1.72. The van der Waals surface area contributed by atoms with Crippen LogP contribution in [0.1, 0.15) is 0 Å². The van der Waals surface area contributed by atoms with Gasteiger partial charge < -0.3 is 10.5 Å². The molecule has 0 spiro atoms. The number of rotatable bonds is 2. The smallest absolute Gasteiger partial charge is 0.176 e. The van der Waals surface area contributed by atoms with Crippen molar-refractivity contribution in [3.63, 3.8) is 0 Å². The lowest BCUT2D eigenvalue weighted by Gasteiger charge is -2.02. The lowest BCUT2D eigenvalue weighted by Crippen LogP contribution is -2.41. The fraction of sp³-hybridized carbons (Fsp3) is 0.0909. The minimum absolute atomic E-state index is 0. The van der Waals surface area contributed by atoms with Crippen LogP contribution in [0.15, 0.2) is 42.7 Å². The van der Waals surface area contributed by atoms with E-state index in [1.807, 2.05) is 42.7 Å². The third-order valence-electron chi connectivity index (χ3n) is 2.07. The van der Waals surface area contributed by atoms with Crippen LogP contribution in [0.5, 0.6) is 0 Å². The maximum atomic E-state index is 10.6. The Morgan fingerprint density at radius 1 is 1.20 bits per heavy atom. The van der Waals surface area contributed by atoms with E-state index in [4.69, 9.17) is 5.41 Å². The van der Waals surface area contributed by atoms with Crippen molar-refractivity contribution in [3.05, 3.63) is 42.7 Å². The second kappa shape index (κ2) is 5.06. The molecule has 3 nitrogen and oxygen atoms in total. The van der Waals surface area contributed by atoms with Gasteiger partial charge in [0.05, 0.1) is 0 Å². The predicted molar refractivity (Wildman–Crippen MR) is 67.3 cm³/mol. The monoisotopic (exact) mass is 314 g/mol. The van der Waals surface area contributed by atoms with Crippen molar-refractivity contribution < 1.29 is 9.67 Å². The Kier molecular flexibility index (Phi) is 4.02. The molecule has 2 rings (SSSR count). The van der Waals surface area contributed by atoms with E-state index in [1.54, 1.807) is 4.57 Å². The van der Waals surface area contributed by atoms with Crippen LogP contribution in [0.3, 0.4) is 0 Å². The van der Waals surface area contributed by atoms with Gasteiger partial charge in [-0.15, -0.1) is 24.0 Å². The number of fused-ring (bicyclic) bond motifs is 1. The number of halogens is 1. The molecule has 1 aromatic carbocycles. The SMILES string of the molecule is I.N=C([O-])C[n+]1ccc2ccccc2c1. The number of pyridine rings is 1. The second-order valence-corrected chi connectivity index (χ2v) is 3.17. The van der Waals surface area contributed by atoms with Gasteiger partial charge in [-0.25, -0.2) is 0 Å². The molecule has 1 aromatic heterocycles. The van der Waals surface area contributed by atoms with E-state index in [9.17, 15) is 5.11 Å². The van der Waals surface area contributed by atoms with Crippen LogP contribution in [0.4, 0.5) is 0 Å². The molecular weight excluding hydrogens is 303 g/mol. The molecule has 0 amide bonds. The van der Waals surface area contributed by atoms with E-state index in [0.29, 0.717) is 0 Å². The van der Waals surface area contributed by atoms with Crippen molar-refractivity contribution in [3.8, 4) is 0 Å². The van der Waals surface area contributed by atoms with Crippen LogP contribution >= 0.6 is 24.0 Å². The molecule has 0 radical (unpaired) electrons. The average molecular weight is 314 g/mol. The van der Waals surface area contributed by atoms with Crippen molar-refractivity contribution in [1.82, 2.24) is 0 Å². The number of benzene rings is 1. The lowest BCUT2D eigenvalue weighted by atomic mass is 10.2. The van der Waals surface area contributed by atoms with Gasteiger partial charge in [0.15, 0.2) is 18.9 Å². The molecule has 1 heterocycles. The number of nitrogens with zero attached hydrogens (tertiary/aromatic N) is 1. The number of nitrogens with one attached hydrogen (secondary N) is 1. The summed E-state index contributed by atoms with van der Waals surface area (Å²) in [5, 5.41) is 19.7. The topological polar surface area (TPSA) is 50.8 Å². The van der Waals surface area contributed by atoms with Crippen LogP contribution in [0, 0.1) is 5.41 Å². The van der Waals surface area contributed by atoms with E-state index >= 15 is 0 Å². The lowest BCUT2D eigenvalue weighted by molar-refractivity contribution is -0.686. The van der Waals surface area contributed by atoms with Gasteiger partial charge >= 0.3 is 0 Å². The molecule has 0 aliphatic rings. The third kappa shape index (κ3) is 2.89. The number of aromatic nitrogens is 1. The van der Waals surface area contributed by atoms with Crippen molar-refractivity contribution >= 4 is 40.6 Å². The van der Waals surface area contributed by atoms with Crippen molar-refractivity contribution in [2.24, 2.45) is 0 Å². The molecule has 2 aromatic rings. The van der Waals surface area contributed by atoms with Crippen LogP contribution in [-0.4, -0.2) is 5.90 Å². The summed E-state index contributed by atoms with van der Waals surface area (Å²) in [6, 6.07) is 9.87. The van der Waals surface area contributed by atoms with E-state index < -0.39 is 5.90 Å². The third-order valence-corrected chi connectivity index (χ3v) is 2.07. The average Bonchev–Trinajstić information content (AvgIpc) is 2.17.